The molecule has 0 aromatic carbocycles. The standard InChI is InChI=1S/C21H40/c1-7-9-11-13-19(4)15-17-21(6)20(5)16-14-18(3)12-10-8-2/h7-9,18-21H,2,10-17H2,1,3-6H3/b9-7+. The van der Waals surface area contributed by atoms with E-state index < -0.39 is 0 Å². The summed E-state index contributed by atoms with van der Waals surface area (Å²) in [5.74, 6) is 3.49. The predicted octanol–water partition coefficient (Wildman–Crippen LogP) is 7.41. The zero-order valence-electron chi connectivity index (χ0n) is 15.4. The Morgan fingerprint density at radius 3 is 1.62 bits per heavy atom. The van der Waals surface area contributed by atoms with Crippen LogP contribution in [0.4, 0.5) is 0 Å². The molecular formula is C21H40. The fourth-order valence-corrected chi connectivity index (χ4v) is 2.90. The molecule has 0 nitrogen and oxygen atoms in total. The van der Waals surface area contributed by atoms with Gasteiger partial charge in [-0.05, 0) is 56.3 Å². The molecule has 0 spiro atoms. The fourth-order valence-electron chi connectivity index (χ4n) is 2.90. The van der Waals surface area contributed by atoms with E-state index in [1.807, 2.05) is 0 Å². The molecular weight excluding hydrogens is 252 g/mol. The number of hydrogen-bond donors (Lipinski definition) is 0. The van der Waals surface area contributed by atoms with Crippen LogP contribution >= 0.6 is 0 Å². The van der Waals surface area contributed by atoms with E-state index in [4.69, 9.17) is 0 Å². The summed E-state index contributed by atoms with van der Waals surface area (Å²) >= 11 is 0. The van der Waals surface area contributed by atoms with E-state index in [-0.39, 0.29) is 0 Å². The van der Waals surface area contributed by atoms with Crippen molar-refractivity contribution in [1.82, 2.24) is 0 Å². The Morgan fingerprint density at radius 1 is 0.714 bits per heavy atom. The second kappa shape index (κ2) is 13.2. The molecule has 0 saturated heterocycles. The molecule has 0 bridgehead atoms. The molecule has 0 amide bonds. The van der Waals surface area contributed by atoms with Gasteiger partial charge in [-0.1, -0.05) is 71.6 Å². The van der Waals surface area contributed by atoms with Gasteiger partial charge in [0, 0.05) is 0 Å². The highest BCUT2D eigenvalue weighted by atomic mass is 14.2. The molecule has 0 aliphatic rings. The van der Waals surface area contributed by atoms with E-state index in [1.54, 1.807) is 0 Å². The van der Waals surface area contributed by atoms with E-state index >= 15 is 0 Å². The summed E-state index contributed by atoms with van der Waals surface area (Å²) in [6, 6.07) is 0. The summed E-state index contributed by atoms with van der Waals surface area (Å²) in [4.78, 5) is 0. The summed E-state index contributed by atoms with van der Waals surface area (Å²) < 4.78 is 0. The third kappa shape index (κ3) is 11.8. The molecule has 4 atom stereocenters. The van der Waals surface area contributed by atoms with Gasteiger partial charge in [0.1, 0.15) is 0 Å². The van der Waals surface area contributed by atoms with Crippen molar-refractivity contribution in [2.45, 2.75) is 86.0 Å². The maximum absolute atomic E-state index is 3.82. The van der Waals surface area contributed by atoms with E-state index in [1.165, 1.54) is 51.4 Å². The molecule has 0 aromatic heterocycles. The Hall–Kier alpha value is -0.520. The molecule has 4 unspecified atom stereocenters. The zero-order valence-corrected chi connectivity index (χ0v) is 15.4. The van der Waals surface area contributed by atoms with Crippen LogP contribution in [0.1, 0.15) is 86.0 Å². The molecule has 0 aliphatic heterocycles. The minimum atomic E-state index is 0.859. The topological polar surface area (TPSA) is 0 Å². The molecule has 0 aromatic rings. The van der Waals surface area contributed by atoms with Gasteiger partial charge in [0.05, 0.1) is 0 Å². The lowest BCUT2D eigenvalue weighted by Crippen LogP contribution is -2.11. The van der Waals surface area contributed by atoms with Crippen LogP contribution < -0.4 is 0 Å². The first-order valence-corrected chi connectivity index (χ1v) is 9.23. The Morgan fingerprint density at radius 2 is 1.19 bits per heavy atom. The van der Waals surface area contributed by atoms with Gasteiger partial charge in [-0.3, -0.25) is 0 Å². The lowest BCUT2D eigenvalue weighted by Gasteiger charge is -2.23. The molecule has 21 heavy (non-hydrogen) atoms. The average molecular weight is 293 g/mol. The largest absolute Gasteiger partial charge is 0.103 e. The molecule has 0 aliphatic carbocycles. The average Bonchev–Trinajstić information content (AvgIpc) is 2.48. The van der Waals surface area contributed by atoms with Gasteiger partial charge in [-0.25, -0.2) is 0 Å². The smallest absolute Gasteiger partial charge is 0.0348 e. The molecule has 0 saturated carbocycles. The Kier molecular flexibility index (Phi) is 12.8. The van der Waals surface area contributed by atoms with Crippen molar-refractivity contribution < 1.29 is 0 Å². The van der Waals surface area contributed by atoms with Crippen molar-refractivity contribution >= 4 is 0 Å². The van der Waals surface area contributed by atoms with Crippen LogP contribution in [0.3, 0.4) is 0 Å². The van der Waals surface area contributed by atoms with Gasteiger partial charge in [-0.15, -0.1) is 6.58 Å². The van der Waals surface area contributed by atoms with Crippen molar-refractivity contribution in [3.05, 3.63) is 24.8 Å². The number of allylic oxidation sites excluding steroid dienone is 3. The monoisotopic (exact) mass is 292 g/mol. The Balaban J connectivity index is 3.78. The first kappa shape index (κ1) is 20.5. The predicted molar refractivity (Wildman–Crippen MR) is 98.6 cm³/mol. The summed E-state index contributed by atoms with van der Waals surface area (Å²) in [5.41, 5.74) is 0. The zero-order chi connectivity index (χ0) is 16.1. The van der Waals surface area contributed by atoms with Crippen LogP contribution in [-0.4, -0.2) is 0 Å². The van der Waals surface area contributed by atoms with Crippen molar-refractivity contribution in [3.63, 3.8) is 0 Å². The van der Waals surface area contributed by atoms with Crippen LogP contribution in [0, 0.1) is 23.7 Å². The van der Waals surface area contributed by atoms with Crippen molar-refractivity contribution in [3.8, 4) is 0 Å². The first-order chi connectivity index (χ1) is 10.0. The second-order valence-electron chi connectivity index (χ2n) is 7.33. The normalized spacial score (nSPS) is 17.6. The van der Waals surface area contributed by atoms with Crippen LogP contribution in [0.5, 0.6) is 0 Å². The third-order valence-corrected chi connectivity index (χ3v) is 5.13. The minimum Gasteiger partial charge on any atom is -0.103 e. The molecule has 124 valence electrons. The van der Waals surface area contributed by atoms with Gasteiger partial charge in [0.15, 0.2) is 0 Å². The quantitative estimate of drug-likeness (QED) is 0.310. The Bertz CT molecular complexity index is 263. The van der Waals surface area contributed by atoms with Gasteiger partial charge in [-0.2, -0.15) is 0 Å². The molecule has 0 heteroatoms. The van der Waals surface area contributed by atoms with Crippen LogP contribution in [-0.2, 0) is 0 Å². The summed E-state index contributed by atoms with van der Waals surface area (Å²) in [7, 11) is 0. The van der Waals surface area contributed by atoms with Crippen molar-refractivity contribution in [1.29, 1.82) is 0 Å². The van der Waals surface area contributed by atoms with Crippen LogP contribution in [0.15, 0.2) is 24.8 Å². The second-order valence-corrected chi connectivity index (χ2v) is 7.33. The highest BCUT2D eigenvalue weighted by Crippen LogP contribution is 2.27. The minimum absolute atomic E-state index is 0.859. The highest BCUT2D eigenvalue weighted by molar-refractivity contribution is 4.77. The SMILES string of the molecule is C=CCCC(C)CCC(C)C(C)CCC(C)CC/C=C/C. The molecule has 0 radical (unpaired) electrons. The first-order valence-electron chi connectivity index (χ1n) is 9.23. The maximum atomic E-state index is 3.82. The summed E-state index contributed by atoms with van der Waals surface area (Å²) in [6.07, 6.45) is 17.2. The van der Waals surface area contributed by atoms with E-state index in [0.29, 0.717) is 0 Å². The van der Waals surface area contributed by atoms with Gasteiger partial charge in [0.2, 0.25) is 0 Å². The Labute approximate surface area is 135 Å². The van der Waals surface area contributed by atoms with E-state index in [2.05, 4.69) is 59.4 Å². The number of hydrogen-bond acceptors (Lipinski definition) is 0. The van der Waals surface area contributed by atoms with Crippen molar-refractivity contribution in [2.24, 2.45) is 23.7 Å². The van der Waals surface area contributed by atoms with E-state index in [9.17, 15) is 0 Å². The van der Waals surface area contributed by atoms with Gasteiger partial charge < -0.3 is 0 Å². The van der Waals surface area contributed by atoms with Gasteiger partial charge in [0.25, 0.3) is 0 Å². The summed E-state index contributed by atoms with van der Waals surface area (Å²) in [5, 5.41) is 0. The number of rotatable bonds is 13. The van der Waals surface area contributed by atoms with Crippen molar-refractivity contribution in [2.75, 3.05) is 0 Å². The highest BCUT2D eigenvalue weighted by Gasteiger charge is 2.14. The summed E-state index contributed by atoms with van der Waals surface area (Å²) in [6.45, 7) is 15.7. The van der Waals surface area contributed by atoms with Crippen LogP contribution in [0.25, 0.3) is 0 Å². The van der Waals surface area contributed by atoms with Gasteiger partial charge >= 0.3 is 0 Å². The lowest BCUT2D eigenvalue weighted by molar-refractivity contribution is 0.291. The molecule has 0 rings (SSSR count). The fraction of sp³-hybridized carbons (Fsp3) is 0.810. The maximum Gasteiger partial charge on any atom is -0.0348 e. The van der Waals surface area contributed by atoms with E-state index in [0.717, 1.165) is 23.7 Å². The molecule has 0 fully saturated rings. The molecule has 0 heterocycles. The lowest BCUT2D eigenvalue weighted by atomic mass is 9.83. The van der Waals surface area contributed by atoms with Crippen LogP contribution in [0.2, 0.25) is 0 Å². The molecule has 0 N–H and O–H groups in total. The third-order valence-electron chi connectivity index (χ3n) is 5.13.